The van der Waals surface area contributed by atoms with Gasteiger partial charge in [-0.15, -0.1) is 0 Å². The van der Waals surface area contributed by atoms with E-state index in [2.05, 4.69) is 10.6 Å². The van der Waals surface area contributed by atoms with E-state index < -0.39 is 16.4 Å². The standard InChI is InChI=1S/C14H16N4O4/c1-14(2,9-19)16-8-10(7-15)13(20)17-11-3-5-12(6-4-11)18(21)22/h3-6,8,16,19H,9H2,1-2H3,(H,17,20)/b10-8-. The summed E-state index contributed by atoms with van der Waals surface area (Å²) >= 11 is 0. The lowest BCUT2D eigenvalue weighted by Gasteiger charge is -2.22. The van der Waals surface area contributed by atoms with Gasteiger partial charge in [0.1, 0.15) is 11.6 Å². The highest BCUT2D eigenvalue weighted by molar-refractivity contribution is 6.06. The molecular weight excluding hydrogens is 288 g/mol. The Kier molecular flexibility index (Phi) is 5.60. The zero-order chi connectivity index (χ0) is 16.8. The van der Waals surface area contributed by atoms with E-state index in [1.54, 1.807) is 19.9 Å². The largest absolute Gasteiger partial charge is 0.394 e. The van der Waals surface area contributed by atoms with Crippen LogP contribution in [0.2, 0.25) is 0 Å². The fraction of sp³-hybridized carbons (Fsp3) is 0.286. The summed E-state index contributed by atoms with van der Waals surface area (Å²) in [6, 6.07) is 6.98. The molecule has 0 aromatic heterocycles. The number of nitro groups is 1. The number of nitriles is 1. The van der Waals surface area contributed by atoms with E-state index in [-0.39, 0.29) is 17.9 Å². The van der Waals surface area contributed by atoms with Crippen LogP contribution in [0.3, 0.4) is 0 Å². The summed E-state index contributed by atoms with van der Waals surface area (Å²) in [6.45, 7) is 3.23. The van der Waals surface area contributed by atoms with Gasteiger partial charge >= 0.3 is 0 Å². The second-order valence-electron chi connectivity index (χ2n) is 5.11. The molecule has 0 bridgehead atoms. The lowest BCUT2D eigenvalue weighted by Crippen LogP contribution is -2.39. The first-order valence-corrected chi connectivity index (χ1v) is 6.33. The van der Waals surface area contributed by atoms with E-state index in [9.17, 15) is 14.9 Å². The molecule has 0 fully saturated rings. The van der Waals surface area contributed by atoms with Crippen LogP contribution in [-0.2, 0) is 4.79 Å². The molecule has 0 unspecified atom stereocenters. The highest BCUT2D eigenvalue weighted by Crippen LogP contribution is 2.16. The molecule has 1 aromatic rings. The predicted octanol–water partition coefficient (Wildman–Crippen LogP) is 1.30. The van der Waals surface area contributed by atoms with Crippen LogP contribution in [0.15, 0.2) is 36.0 Å². The molecule has 8 heteroatoms. The summed E-state index contributed by atoms with van der Waals surface area (Å²) in [5.41, 5.74) is -0.617. The normalized spacial score (nSPS) is 11.5. The Morgan fingerprint density at radius 2 is 2.05 bits per heavy atom. The number of amides is 1. The molecule has 1 rings (SSSR count). The smallest absolute Gasteiger partial charge is 0.269 e. The Balaban J connectivity index is 2.79. The van der Waals surface area contributed by atoms with Crippen molar-refractivity contribution < 1.29 is 14.8 Å². The average Bonchev–Trinajstić information content (AvgIpc) is 2.48. The molecule has 0 aliphatic rings. The molecule has 3 N–H and O–H groups in total. The number of rotatable bonds is 6. The number of carbonyl (C=O) groups excluding carboxylic acids is 1. The summed E-state index contributed by atoms with van der Waals surface area (Å²) in [5.74, 6) is -0.655. The SMILES string of the molecule is CC(C)(CO)N/C=C(/C#N)C(=O)Nc1ccc([N+](=O)[O-])cc1. The predicted molar refractivity (Wildman–Crippen MR) is 79.7 cm³/mol. The zero-order valence-corrected chi connectivity index (χ0v) is 12.2. The first-order valence-electron chi connectivity index (χ1n) is 6.33. The summed E-state index contributed by atoms with van der Waals surface area (Å²) in [5, 5.41) is 33.8. The lowest BCUT2D eigenvalue weighted by atomic mass is 10.1. The molecule has 22 heavy (non-hydrogen) atoms. The first kappa shape index (κ1) is 17.1. The van der Waals surface area contributed by atoms with Crippen molar-refractivity contribution in [3.05, 3.63) is 46.2 Å². The second kappa shape index (κ2) is 7.19. The van der Waals surface area contributed by atoms with Gasteiger partial charge in [-0.05, 0) is 26.0 Å². The Morgan fingerprint density at radius 1 is 1.45 bits per heavy atom. The number of nitro benzene ring substituents is 1. The molecule has 1 amide bonds. The van der Waals surface area contributed by atoms with E-state index in [1.807, 2.05) is 0 Å². The maximum absolute atomic E-state index is 11.9. The second-order valence-corrected chi connectivity index (χ2v) is 5.11. The van der Waals surface area contributed by atoms with Crippen LogP contribution in [0.5, 0.6) is 0 Å². The molecule has 116 valence electrons. The Bertz CT molecular complexity index is 629. The third-order valence-corrected chi connectivity index (χ3v) is 2.70. The highest BCUT2D eigenvalue weighted by atomic mass is 16.6. The van der Waals surface area contributed by atoms with Gasteiger partial charge in [0.05, 0.1) is 17.1 Å². The topological polar surface area (TPSA) is 128 Å². The first-order chi connectivity index (χ1) is 10.3. The molecule has 0 radical (unpaired) electrons. The van der Waals surface area contributed by atoms with E-state index in [4.69, 9.17) is 10.4 Å². The monoisotopic (exact) mass is 304 g/mol. The minimum Gasteiger partial charge on any atom is -0.394 e. The van der Waals surface area contributed by atoms with Crippen molar-refractivity contribution in [3.63, 3.8) is 0 Å². The van der Waals surface area contributed by atoms with E-state index in [0.29, 0.717) is 5.69 Å². The molecule has 0 saturated heterocycles. The third kappa shape index (κ3) is 4.88. The van der Waals surface area contributed by atoms with E-state index >= 15 is 0 Å². The summed E-state index contributed by atoms with van der Waals surface area (Å²) in [4.78, 5) is 21.9. The number of anilines is 1. The van der Waals surface area contributed by atoms with Gasteiger partial charge in [0.25, 0.3) is 11.6 Å². The van der Waals surface area contributed by atoms with Gasteiger partial charge in [0, 0.05) is 24.0 Å². The van der Waals surface area contributed by atoms with Crippen molar-refractivity contribution in [2.45, 2.75) is 19.4 Å². The van der Waals surface area contributed by atoms with Crippen molar-refractivity contribution in [1.29, 1.82) is 5.26 Å². The lowest BCUT2D eigenvalue weighted by molar-refractivity contribution is -0.384. The van der Waals surface area contributed by atoms with Crippen molar-refractivity contribution in [3.8, 4) is 6.07 Å². The molecule has 0 heterocycles. The number of hydrogen-bond donors (Lipinski definition) is 3. The minimum absolute atomic E-state index is 0.0968. The fourth-order valence-corrected chi connectivity index (χ4v) is 1.33. The van der Waals surface area contributed by atoms with Crippen LogP contribution in [-0.4, -0.2) is 28.1 Å². The number of aliphatic hydroxyl groups excluding tert-OH is 1. The molecule has 0 aliphatic heterocycles. The van der Waals surface area contributed by atoms with Crippen molar-refractivity contribution in [2.75, 3.05) is 11.9 Å². The van der Waals surface area contributed by atoms with Crippen LogP contribution in [0.4, 0.5) is 11.4 Å². The van der Waals surface area contributed by atoms with Crippen LogP contribution in [0.25, 0.3) is 0 Å². The molecule has 0 saturated carbocycles. The summed E-state index contributed by atoms with van der Waals surface area (Å²) in [7, 11) is 0. The molecule has 8 nitrogen and oxygen atoms in total. The van der Waals surface area contributed by atoms with Crippen LogP contribution in [0, 0.1) is 21.4 Å². The number of hydrogen-bond acceptors (Lipinski definition) is 6. The van der Waals surface area contributed by atoms with Crippen LogP contribution in [0.1, 0.15) is 13.8 Å². The molecule has 1 aromatic carbocycles. The van der Waals surface area contributed by atoms with Gasteiger partial charge in [-0.2, -0.15) is 5.26 Å². The van der Waals surface area contributed by atoms with Gasteiger partial charge in [0.2, 0.25) is 0 Å². The molecule has 0 aliphatic carbocycles. The number of non-ortho nitro benzene ring substituents is 1. The van der Waals surface area contributed by atoms with Crippen LogP contribution >= 0.6 is 0 Å². The number of aliphatic hydroxyl groups is 1. The van der Waals surface area contributed by atoms with Crippen LogP contribution < -0.4 is 10.6 Å². The van der Waals surface area contributed by atoms with Crippen molar-refractivity contribution >= 4 is 17.3 Å². The Hall–Kier alpha value is -2.92. The van der Waals surface area contributed by atoms with E-state index in [1.165, 1.54) is 30.5 Å². The Morgan fingerprint density at radius 3 is 2.50 bits per heavy atom. The minimum atomic E-state index is -0.671. The zero-order valence-electron chi connectivity index (χ0n) is 12.2. The maximum atomic E-state index is 11.9. The average molecular weight is 304 g/mol. The molecule has 0 atom stereocenters. The number of carbonyl (C=O) groups is 1. The number of nitrogens with zero attached hydrogens (tertiary/aromatic N) is 2. The fourth-order valence-electron chi connectivity index (χ4n) is 1.33. The molecule has 0 spiro atoms. The number of nitrogens with one attached hydrogen (secondary N) is 2. The highest BCUT2D eigenvalue weighted by Gasteiger charge is 2.16. The van der Waals surface area contributed by atoms with Gasteiger partial charge in [-0.3, -0.25) is 14.9 Å². The number of benzene rings is 1. The van der Waals surface area contributed by atoms with Crippen molar-refractivity contribution in [2.24, 2.45) is 0 Å². The maximum Gasteiger partial charge on any atom is 0.269 e. The summed E-state index contributed by atoms with van der Waals surface area (Å²) in [6.07, 6.45) is 1.22. The molecular formula is C14H16N4O4. The Labute approximate surface area is 127 Å². The van der Waals surface area contributed by atoms with E-state index in [0.717, 1.165) is 0 Å². The van der Waals surface area contributed by atoms with Gasteiger partial charge in [0.15, 0.2) is 0 Å². The quantitative estimate of drug-likeness (QED) is 0.314. The van der Waals surface area contributed by atoms with Gasteiger partial charge < -0.3 is 15.7 Å². The summed E-state index contributed by atoms with van der Waals surface area (Å²) < 4.78 is 0. The third-order valence-electron chi connectivity index (χ3n) is 2.70. The van der Waals surface area contributed by atoms with Gasteiger partial charge in [-0.1, -0.05) is 0 Å². The van der Waals surface area contributed by atoms with Crippen molar-refractivity contribution in [1.82, 2.24) is 5.32 Å². The van der Waals surface area contributed by atoms with Gasteiger partial charge in [-0.25, -0.2) is 0 Å².